The maximum atomic E-state index is 5.38. The van der Waals surface area contributed by atoms with Gasteiger partial charge >= 0.3 is 0 Å². The second-order valence-electron chi connectivity index (χ2n) is 18.0. The van der Waals surface area contributed by atoms with E-state index >= 15 is 0 Å². The summed E-state index contributed by atoms with van der Waals surface area (Å²) in [6, 6.07) is 77.6. The lowest BCUT2D eigenvalue weighted by Gasteiger charge is -2.17. The second-order valence-corrected chi connectivity index (χ2v) is 18.0. The molecule has 3 heteroatoms. The van der Waals surface area contributed by atoms with E-state index in [-0.39, 0.29) is 0 Å². The molecule has 2 aromatic heterocycles. The van der Waals surface area contributed by atoms with Gasteiger partial charge in [-0.2, -0.15) is 0 Å². The third-order valence-corrected chi connectivity index (χ3v) is 13.4. The van der Waals surface area contributed by atoms with Gasteiger partial charge in [0.15, 0.2) is 5.82 Å². The average molecular weight is 906 g/mol. The third-order valence-electron chi connectivity index (χ3n) is 13.4. The molecule has 0 saturated carbocycles. The van der Waals surface area contributed by atoms with Gasteiger partial charge in [0, 0.05) is 38.4 Å². The van der Waals surface area contributed by atoms with Crippen molar-refractivity contribution in [2.75, 3.05) is 0 Å². The van der Waals surface area contributed by atoms with Crippen molar-refractivity contribution in [3.8, 4) is 78.4 Å². The van der Waals surface area contributed by atoms with Gasteiger partial charge in [0.05, 0.1) is 22.6 Å². The van der Waals surface area contributed by atoms with Gasteiger partial charge in [-0.05, 0) is 110 Å². The van der Waals surface area contributed by atoms with Crippen molar-refractivity contribution in [1.29, 1.82) is 0 Å². The van der Waals surface area contributed by atoms with Gasteiger partial charge in [0.2, 0.25) is 0 Å². The van der Waals surface area contributed by atoms with Crippen LogP contribution < -0.4 is 0 Å². The SMILES string of the molecule is C=C1C=C(c2nc3ccccc3c3c2cc(-c2ccc(-c4cccc(-c5cc(-c6cccc(-c7ccccc7)c6)nc(-c6cccc(-c7ccccc7)c6)n5)c4)cc2)c2ccccc23)/C=C\C/C=C\C=C/1. The summed E-state index contributed by atoms with van der Waals surface area (Å²) in [5.41, 5.74) is 17.7. The van der Waals surface area contributed by atoms with Gasteiger partial charge in [0.25, 0.3) is 0 Å². The van der Waals surface area contributed by atoms with Crippen LogP contribution in [0.2, 0.25) is 0 Å². The van der Waals surface area contributed by atoms with Gasteiger partial charge in [-0.3, -0.25) is 0 Å². The molecule has 1 aliphatic rings. The van der Waals surface area contributed by atoms with Crippen molar-refractivity contribution in [3.63, 3.8) is 0 Å². The molecule has 2 heterocycles. The summed E-state index contributed by atoms with van der Waals surface area (Å²) < 4.78 is 0. The number of nitrogens with zero attached hydrogens (tertiary/aromatic N) is 3. The van der Waals surface area contributed by atoms with Crippen LogP contribution >= 0.6 is 0 Å². The van der Waals surface area contributed by atoms with Gasteiger partial charge in [-0.25, -0.2) is 15.0 Å². The molecule has 0 saturated heterocycles. The zero-order valence-electron chi connectivity index (χ0n) is 39.1. The summed E-state index contributed by atoms with van der Waals surface area (Å²) in [5, 5.41) is 5.85. The minimum Gasteiger partial charge on any atom is -0.247 e. The maximum Gasteiger partial charge on any atom is 0.160 e. The van der Waals surface area contributed by atoms with Crippen LogP contribution in [0.25, 0.3) is 116 Å². The molecule has 0 fully saturated rings. The van der Waals surface area contributed by atoms with Crippen molar-refractivity contribution in [2.24, 2.45) is 0 Å². The summed E-state index contributed by atoms with van der Waals surface area (Å²) in [6.07, 6.45) is 15.7. The van der Waals surface area contributed by atoms with Crippen LogP contribution in [0.4, 0.5) is 0 Å². The minimum absolute atomic E-state index is 0.677. The molecule has 0 amide bonds. The van der Waals surface area contributed by atoms with E-state index in [9.17, 15) is 0 Å². The largest absolute Gasteiger partial charge is 0.247 e. The smallest absolute Gasteiger partial charge is 0.160 e. The first-order valence-corrected chi connectivity index (χ1v) is 24.2. The fraction of sp³-hybridized carbons (Fsp3) is 0.0147. The summed E-state index contributed by atoms with van der Waals surface area (Å²) in [7, 11) is 0. The van der Waals surface area contributed by atoms with Crippen LogP contribution in [0.15, 0.2) is 273 Å². The number of benzene rings is 9. The molecule has 11 aromatic rings. The Bertz CT molecular complexity index is 3850. The van der Waals surface area contributed by atoms with Crippen LogP contribution in [0, 0.1) is 0 Å². The number of hydrogen-bond donors (Lipinski definition) is 0. The van der Waals surface area contributed by atoms with Gasteiger partial charge in [0.1, 0.15) is 0 Å². The van der Waals surface area contributed by atoms with Crippen LogP contribution in [-0.4, -0.2) is 15.0 Å². The highest BCUT2D eigenvalue weighted by Crippen LogP contribution is 2.42. The average Bonchev–Trinajstić information content (AvgIpc) is 3.44. The molecule has 0 atom stereocenters. The molecule has 1 aliphatic carbocycles. The van der Waals surface area contributed by atoms with Crippen molar-refractivity contribution in [3.05, 3.63) is 279 Å². The maximum absolute atomic E-state index is 5.38. The molecule has 0 N–H and O–H groups in total. The second kappa shape index (κ2) is 19.0. The zero-order chi connectivity index (χ0) is 47.5. The highest BCUT2D eigenvalue weighted by molar-refractivity contribution is 6.24. The number of allylic oxidation sites excluding steroid dienone is 9. The fourth-order valence-corrected chi connectivity index (χ4v) is 9.86. The Morgan fingerprint density at radius 2 is 0.873 bits per heavy atom. The van der Waals surface area contributed by atoms with Crippen molar-refractivity contribution in [1.82, 2.24) is 15.0 Å². The van der Waals surface area contributed by atoms with E-state index in [0.717, 1.165) is 112 Å². The van der Waals surface area contributed by atoms with E-state index in [1.54, 1.807) is 0 Å². The van der Waals surface area contributed by atoms with Crippen LogP contribution in [0.3, 0.4) is 0 Å². The molecular formula is C68H47N3. The van der Waals surface area contributed by atoms with E-state index < -0.39 is 0 Å². The summed E-state index contributed by atoms with van der Waals surface area (Å²) >= 11 is 0. The quantitative estimate of drug-likeness (QED) is 0.143. The minimum atomic E-state index is 0.677. The van der Waals surface area contributed by atoms with E-state index in [4.69, 9.17) is 15.0 Å². The first kappa shape index (κ1) is 43.0. The summed E-state index contributed by atoms with van der Waals surface area (Å²) in [5.74, 6) is 0.677. The first-order valence-electron chi connectivity index (χ1n) is 24.2. The topological polar surface area (TPSA) is 38.7 Å². The Kier molecular flexibility index (Phi) is 11.5. The predicted octanol–water partition coefficient (Wildman–Crippen LogP) is 18.0. The molecule has 12 rings (SSSR count). The number of aromatic nitrogens is 3. The van der Waals surface area contributed by atoms with Gasteiger partial charge in [-0.1, -0.05) is 225 Å². The normalized spacial score (nSPS) is 14.0. The zero-order valence-corrected chi connectivity index (χ0v) is 39.1. The van der Waals surface area contributed by atoms with Crippen molar-refractivity contribution in [2.45, 2.75) is 6.42 Å². The highest BCUT2D eigenvalue weighted by Gasteiger charge is 2.18. The number of pyridine rings is 1. The van der Waals surface area contributed by atoms with E-state index in [2.05, 4.69) is 261 Å². The number of fused-ring (bicyclic) bond motifs is 5. The number of rotatable bonds is 8. The Morgan fingerprint density at radius 3 is 1.54 bits per heavy atom. The van der Waals surface area contributed by atoms with Crippen LogP contribution in [-0.2, 0) is 0 Å². The standard InChI is InChI=1S/C68H47N3/c1-46-20-7-3-2-4-8-25-56(40-46)67-62-44-61(58-32-13-14-33-59(58)66(62)60-34-15-16-35-63(60)69-67)50-38-36-49(37-39-50)52-27-18-30-55(42-52)65-45-64(54-29-17-26-51(41-54)47-21-9-5-10-22-47)70-68(71-65)57-31-19-28-53(43-57)48-23-11-6-12-24-48/h2-3,5-45H,1,4H2/b3-2-,20-7-,25-8-,56-40?. The molecule has 0 bridgehead atoms. The molecule has 9 aromatic carbocycles. The molecule has 0 unspecified atom stereocenters. The number of hydrogen-bond acceptors (Lipinski definition) is 3. The molecule has 334 valence electrons. The summed E-state index contributed by atoms with van der Waals surface area (Å²) in [4.78, 5) is 15.9. The van der Waals surface area contributed by atoms with Crippen molar-refractivity contribution < 1.29 is 0 Å². The molecule has 3 nitrogen and oxygen atoms in total. The molecule has 71 heavy (non-hydrogen) atoms. The molecule has 0 radical (unpaired) electrons. The number of para-hydroxylation sites is 1. The molecule has 0 spiro atoms. The monoisotopic (exact) mass is 905 g/mol. The molecule has 0 aliphatic heterocycles. The first-order chi connectivity index (χ1) is 35.1. The Hall–Kier alpha value is -9.31. The van der Waals surface area contributed by atoms with Gasteiger partial charge < -0.3 is 0 Å². The lowest BCUT2D eigenvalue weighted by atomic mass is 9.89. The van der Waals surface area contributed by atoms with E-state index in [1.807, 2.05) is 6.07 Å². The van der Waals surface area contributed by atoms with Gasteiger partial charge in [-0.15, -0.1) is 0 Å². The Balaban J connectivity index is 0.956. The predicted molar refractivity (Wildman–Crippen MR) is 300 cm³/mol. The Morgan fingerprint density at radius 1 is 0.352 bits per heavy atom. The fourth-order valence-electron chi connectivity index (χ4n) is 9.86. The lowest BCUT2D eigenvalue weighted by molar-refractivity contribution is 1.18. The highest BCUT2D eigenvalue weighted by atomic mass is 14.9. The van der Waals surface area contributed by atoms with Crippen LogP contribution in [0.1, 0.15) is 12.1 Å². The Labute approximate surface area is 414 Å². The van der Waals surface area contributed by atoms with Crippen molar-refractivity contribution >= 4 is 38.0 Å². The third kappa shape index (κ3) is 8.74. The van der Waals surface area contributed by atoms with E-state index in [1.165, 1.54) is 16.2 Å². The van der Waals surface area contributed by atoms with E-state index in [0.29, 0.717) is 5.82 Å². The van der Waals surface area contributed by atoms with Crippen LogP contribution in [0.5, 0.6) is 0 Å². The summed E-state index contributed by atoms with van der Waals surface area (Å²) in [6.45, 7) is 4.37. The molecular weight excluding hydrogens is 859 g/mol. The lowest BCUT2D eigenvalue weighted by Crippen LogP contribution is -1.96.